The fourth-order valence-electron chi connectivity index (χ4n) is 5.60. The van der Waals surface area contributed by atoms with E-state index in [9.17, 15) is 14.4 Å². The van der Waals surface area contributed by atoms with Crippen LogP contribution in [0.2, 0.25) is 0 Å². The van der Waals surface area contributed by atoms with Crippen LogP contribution in [0.5, 0.6) is 0 Å². The zero-order valence-electron chi connectivity index (χ0n) is 18.9. The number of carbonyl (C=O) groups is 3. The minimum Gasteiger partial charge on any atom is -0.466 e. The molecular weight excluding hydrogens is 416 g/mol. The number of ether oxygens (including phenoxy) is 1. The Balaban J connectivity index is 1.96. The number of aliphatic hydroxyl groups excluding tert-OH is 1. The smallest absolute Gasteiger partial charge is 0.310 e. The second-order valence-electron chi connectivity index (χ2n) is 9.00. The van der Waals surface area contributed by atoms with Gasteiger partial charge in [-0.2, -0.15) is 0 Å². The second kappa shape index (κ2) is 9.94. The van der Waals surface area contributed by atoms with Crippen LogP contribution in [0.1, 0.15) is 52.9 Å². The fourth-order valence-corrected chi connectivity index (χ4v) is 7.80. The Morgan fingerprint density at radius 3 is 2.74 bits per heavy atom. The summed E-state index contributed by atoms with van der Waals surface area (Å²) in [5.74, 6) is -1.42. The Morgan fingerprint density at radius 1 is 1.39 bits per heavy atom. The van der Waals surface area contributed by atoms with Crippen molar-refractivity contribution < 1.29 is 24.2 Å². The van der Waals surface area contributed by atoms with Crippen molar-refractivity contribution in [3.63, 3.8) is 0 Å². The summed E-state index contributed by atoms with van der Waals surface area (Å²) < 4.78 is 4.77. The topological polar surface area (TPSA) is 87.2 Å². The number of esters is 1. The first-order valence-electron chi connectivity index (χ1n) is 11.5. The van der Waals surface area contributed by atoms with Crippen molar-refractivity contribution in [2.45, 2.75) is 75.0 Å². The number of unbranched alkanes of at least 4 members (excludes halogenated alkanes) is 2. The van der Waals surface area contributed by atoms with Gasteiger partial charge in [-0.3, -0.25) is 14.4 Å². The lowest BCUT2D eigenvalue weighted by Gasteiger charge is -2.38. The average molecular weight is 453 g/mol. The minimum absolute atomic E-state index is 0.0169. The largest absolute Gasteiger partial charge is 0.466 e. The van der Waals surface area contributed by atoms with E-state index in [2.05, 4.69) is 6.58 Å². The third-order valence-electron chi connectivity index (χ3n) is 6.88. The Labute approximate surface area is 189 Å². The molecule has 3 rings (SSSR count). The van der Waals surface area contributed by atoms with E-state index < -0.39 is 22.6 Å². The number of likely N-dealkylation sites (tertiary alicyclic amines) is 1. The van der Waals surface area contributed by atoms with E-state index in [0.29, 0.717) is 19.5 Å². The minimum atomic E-state index is -0.573. The lowest BCUT2D eigenvalue weighted by molar-refractivity contribution is -0.153. The van der Waals surface area contributed by atoms with Gasteiger partial charge >= 0.3 is 5.97 Å². The summed E-state index contributed by atoms with van der Waals surface area (Å²) in [4.78, 5) is 43.9. The molecule has 0 aromatic rings. The van der Waals surface area contributed by atoms with Crippen molar-refractivity contribution in [1.82, 2.24) is 9.80 Å². The van der Waals surface area contributed by atoms with E-state index in [-0.39, 0.29) is 42.3 Å². The lowest BCUT2D eigenvalue weighted by atomic mass is 9.71. The highest BCUT2D eigenvalue weighted by molar-refractivity contribution is 8.02. The van der Waals surface area contributed by atoms with E-state index in [1.807, 2.05) is 13.8 Å². The molecule has 2 amide bonds. The molecule has 174 valence electrons. The number of fused-ring (bicyclic) bond motifs is 1. The van der Waals surface area contributed by atoms with Crippen LogP contribution >= 0.6 is 11.8 Å². The summed E-state index contributed by atoms with van der Waals surface area (Å²) in [6, 6.07) is -0.590. The number of carbonyl (C=O) groups excluding carboxylic acids is 3. The maximum atomic E-state index is 13.9. The molecule has 1 N–H and O–H groups in total. The van der Waals surface area contributed by atoms with Gasteiger partial charge in [0.05, 0.1) is 23.2 Å². The molecule has 0 aromatic heterocycles. The summed E-state index contributed by atoms with van der Waals surface area (Å²) in [7, 11) is 0. The zero-order valence-corrected chi connectivity index (χ0v) is 19.7. The third-order valence-corrected chi connectivity index (χ3v) is 8.83. The summed E-state index contributed by atoms with van der Waals surface area (Å²) in [5, 5.41) is 9.13. The lowest BCUT2D eigenvalue weighted by Crippen LogP contribution is -2.56. The van der Waals surface area contributed by atoms with Gasteiger partial charge in [0.25, 0.3) is 0 Å². The molecule has 3 saturated heterocycles. The number of thioether (sulfide) groups is 1. The molecule has 0 aliphatic carbocycles. The van der Waals surface area contributed by atoms with Crippen molar-refractivity contribution in [2.24, 2.45) is 11.8 Å². The van der Waals surface area contributed by atoms with Crippen molar-refractivity contribution in [1.29, 1.82) is 0 Å². The monoisotopic (exact) mass is 452 g/mol. The molecule has 2 unspecified atom stereocenters. The van der Waals surface area contributed by atoms with Gasteiger partial charge in [-0.15, -0.1) is 18.3 Å². The number of amides is 2. The number of hydrogen-bond acceptors (Lipinski definition) is 6. The summed E-state index contributed by atoms with van der Waals surface area (Å²) in [5.41, 5.74) is 0. The molecule has 2 bridgehead atoms. The molecule has 0 saturated carbocycles. The van der Waals surface area contributed by atoms with E-state index in [4.69, 9.17) is 9.84 Å². The van der Waals surface area contributed by atoms with Gasteiger partial charge in [0.15, 0.2) is 0 Å². The molecule has 3 heterocycles. The van der Waals surface area contributed by atoms with Crippen molar-refractivity contribution in [2.75, 3.05) is 26.3 Å². The van der Waals surface area contributed by atoms with Gasteiger partial charge < -0.3 is 19.6 Å². The Kier molecular flexibility index (Phi) is 7.73. The van der Waals surface area contributed by atoms with Gasteiger partial charge in [-0.05, 0) is 52.9 Å². The van der Waals surface area contributed by atoms with Crippen molar-refractivity contribution in [3.8, 4) is 0 Å². The van der Waals surface area contributed by atoms with Crippen LogP contribution in [0, 0.1) is 11.8 Å². The molecule has 0 radical (unpaired) electrons. The van der Waals surface area contributed by atoms with Crippen LogP contribution in [-0.2, 0) is 19.1 Å². The number of rotatable bonds is 11. The quantitative estimate of drug-likeness (QED) is 0.294. The Bertz CT molecular complexity index is 714. The SMILES string of the molecule is C=CCN(C(=O)C1N(CCCCCO)C(=O)[C@@H]2[C@@H](C(=O)OCC)[C@H]3CCC12S3)C(C)C. The molecule has 0 aromatic carbocycles. The Hall–Kier alpha value is -1.54. The van der Waals surface area contributed by atoms with Gasteiger partial charge in [0.1, 0.15) is 6.04 Å². The maximum Gasteiger partial charge on any atom is 0.310 e. The third kappa shape index (κ3) is 4.13. The Morgan fingerprint density at radius 2 is 2.13 bits per heavy atom. The van der Waals surface area contributed by atoms with E-state index in [0.717, 1.165) is 25.7 Å². The number of nitrogens with zero attached hydrogens (tertiary/aromatic N) is 2. The van der Waals surface area contributed by atoms with Crippen LogP contribution in [0.15, 0.2) is 12.7 Å². The normalized spacial score (nSPS) is 31.3. The molecular formula is C23H36N2O5S. The van der Waals surface area contributed by atoms with Gasteiger partial charge in [-0.25, -0.2) is 0 Å². The fraction of sp³-hybridized carbons (Fsp3) is 0.783. The van der Waals surface area contributed by atoms with Crippen LogP contribution in [-0.4, -0.2) is 81.1 Å². The molecule has 3 fully saturated rings. The maximum absolute atomic E-state index is 13.9. The highest BCUT2D eigenvalue weighted by Crippen LogP contribution is 2.66. The standard InChI is InChI=1S/C23H36N2O5S/c1-5-12-24(15(3)4)21(28)19-23-11-10-16(31-23)17(22(29)30-6-2)18(23)20(27)25(19)13-8-7-9-14-26/h5,15-19,26H,1,6-14H2,2-4H3/t16-,17+,18+,19?,23?/m1/s1. The highest BCUT2D eigenvalue weighted by Gasteiger charge is 2.74. The first-order chi connectivity index (χ1) is 14.8. The molecule has 3 aliphatic rings. The molecule has 8 heteroatoms. The molecule has 7 nitrogen and oxygen atoms in total. The second-order valence-corrected chi connectivity index (χ2v) is 10.6. The predicted molar refractivity (Wildman–Crippen MR) is 120 cm³/mol. The van der Waals surface area contributed by atoms with Crippen molar-refractivity contribution in [3.05, 3.63) is 12.7 Å². The van der Waals surface area contributed by atoms with E-state index in [1.54, 1.807) is 34.6 Å². The zero-order chi connectivity index (χ0) is 22.8. The van der Waals surface area contributed by atoms with Crippen LogP contribution < -0.4 is 0 Å². The van der Waals surface area contributed by atoms with Crippen molar-refractivity contribution >= 4 is 29.5 Å². The number of hydrogen-bond donors (Lipinski definition) is 1. The van der Waals surface area contributed by atoms with Gasteiger partial charge in [0, 0.05) is 31.0 Å². The highest BCUT2D eigenvalue weighted by atomic mass is 32.2. The first-order valence-corrected chi connectivity index (χ1v) is 12.4. The summed E-state index contributed by atoms with van der Waals surface area (Å²) in [6.07, 6.45) is 5.49. The predicted octanol–water partition coefficient (Wildman–Crippen LogP) is 2.23. The summed E-state index contributed by atoms with van der Waals surface area (Å²) in [6.45, 7) is 10.8. The first kappa shape index (κ1) is 24.1. The molecule has 5 atom stereocenters. The summed E-state index contributed by atoms with van der Waals surface area (Å²) >= 11 is 1.67. The number of aliphatic hydroxyl groups is 1. The van der Waals surface area contributed by atoms with Gasteiger partial charge in [-0.1, -0.05) is 6.08 Å². The molecule has 3 aliphatic heterocycles. The van der Waals surface area contributed by atoms with E-state index >= 15 is 0 Å². The van der Waals surface area contributed by atoms with Crippen LogP contribution in [0.4, 0.5) is 0 Å². The van der Waals surface area contributed by atoms with Crippen LogP contribution in [0.3, 0.4) is 0 Å². The van der Waals surface area contributed by atoms with E-state index in [1.165, 1.54) is 0 Å². The molecule has 1 spiro atoms. The van der Waals surface area contributed by atoms with Gasteiger partial charge in [0.2, 0.25) is 11.8 Å². The van der Waals surface area contributed by atoms with Crippen LogP contribution in [0.25, 0.3) is 0 Å². The molecule has 31 heavy (non-hydrogen) atoms. The average Bonchev–Trinajstić information content (AvgIpc) is 3.36.